The third kappa shape index (κ3) is 21.3. The number of carboxylic acid groups (broad SMARTS) is 3. The summed E-state index contributed by atoms with van der Waals surface area (Å²) in [5.41, 5.74) is 16.0. The van der Waals surface area contributed by atoms with Crippen LogP contribution in [0.2, 0.25) is 0 Å². The largest absolute Gasteiger partial charge is 0.479 e. The molecule has 0 aromatic carbocycles. The van der Waals surface area contributed by atoms with Gasteiger partial charge in [-0.15, -0.1) is 0 Å². The van der Waals surface area contributed by atoms with Crippen LogP contribution in [0.3, 0.4) is 0 Å². The van der Waals surface area contributed by atoms with Crippen molar-refractivity contribution in [2.75, 3.05) is 85.7 Å². The van der Waals surface area contributed by atoms with E-state index in [0.29, 0.717) is 32.8 Å². The Balaban J connectivity index is 5.00. The quantitative estimate of drug-likeness (QED) is 0.0226. The van der Waals surface area contributed by atoms with Crippen molar-refractivity contribution in [1.82, 2.24) is 0 Å². The van der Waals surface area contributed by atoms with E-state index in [9.17, 15) is 29.7 Å². The minimum absolute atomic E-state index is 0.00617. The fourth-order valence-electron chi connectivity index (χ4n) is 3.41. The highest BCUT2D eigenvalue weighted by Crippen LogP contribution is 2.23. The van der Waals surface area contributed by atoms with E-state index in [4.69, 9.17) is 55.4 Å². The van der Waals surface area contributed by atoms with Crippen molar-refractivity contribution in [3.63, 3.8) is 0 Å². The Hall–Kier alpha value is -2.03. The van der Waals surface area contributed by atoms with Crippen LogP contribution < -0.4 is 17.2 Å². The molecule has 0 rings (SSSR count). The summed E-state index contributed by atoms with van der Waals surface area (Å²) >= 11 is 0. The third-order valence-electron chi connectivity index (χ3n) is 5.26. The van der Waals surface area contributed by atoms with Crippen molar-refractivity contribution in [2.45, 2.75) is 44.2 Å². The molecule has 0 heterocycles. The Labute approximate surface area is 239 Å². The van der Waals surface area contributed by atoms with Crippen molar-refractivity contribution in [2.24, 2.45) is 23.1 Å². The van der Waals surface area contributed by atoms with Gasteiger partial charge in [-0.3, -0.25) is 0 Å². The van der Waals surface area contributed by atoms with Gasteiger partial charge in [-0.25, -0.2) is 19.3 Å². The molecule has 17 heteroatoms. The Morgan fingerprint density at radius 3 is 1.59 bits per heavy atom. The number of hydrogen-bond acceptors (Lipinski definition) is 14. The molecule has 41 heavy (non-hydrogen) atoms. The topological polar surface area (TPSA) is 264 Å². The van der Waals surface area contributed by atoms with E-state index in [-0.39, 0.29) is 78.5 Å². The number of carboxylic acids is 3. The van der Waals surface area contributed by atoms with E-state index in [0.717, 1.165) is 0 Å². The first-order valence-electron chi connectivity index (χ1n) is 13.4. The summed E-state index contributed by atoms with van der Waals surface area (Å²) in [5, 5.41) is 28.5. The molecule has 0 aromatic rings. The van der Waals surface area contributed by atoms with E-state index in [1.807, 2.05) is 0 Å². The van der Waals surface area contributed by atoms with Gasteiger partial charge in [-0.05, 0) is 31.6 Å². The number of nitrogens with two attached hydrogens (primary N) is 3. The number of ether oxygens (including phenoxy) is 6. The fraction of sp³-hybridized carbons (Fsp3) is 0.875. The second kappa shape index (κ2) is 26.8. The average molecular weight is 602 g/mol. The molecule has 242 valence electrons. The molecule has 0 spiro atoms. The van der Waals surface area contributed by atoms with Crippen LogP contribution in [0.1, 0.15) is 25.7 Å². The fourth-order valence-corrected chi connectivity index (χ4v) is 3.41. The van der Waals surface area contributed by atoms with Crippen LogP contribution in [0.4, 0.5) is 0 Å². The van der Waals surface area contributed by atoms with E-state index in [1.165, 1.54) is 0 Å². The molecule has 4 atom stereocenters. The van der Waals surface area contributed by atoms with Crippen molar-refractivity contribution in [1.29, 1.82) is 0 Å². The van der Waals surface area contributed by atoms with Gasteiger partial charge in [0.1, 0.15) is 0 Å². The molecule has 4 unspecified atom stereocenters. The SMILES string of the molecule is NCCOCCOC(CCC(CCCOOC(OCCOCCN)C(=O)O)C(OCCOCCN)C(=O)O)C(=O)O. The predicted octanol–water partition coefficient (Wildman–Crippen LogP) is -1.60. The summed E-state index contributed by atoms with van der Waals surface area (Å²) in [6.45, 7) is 2.07. The molecular weight excluding hydrogens is 554 g/mol. The highest BCUT2D eigenvalue weighted by Gasteiger charge is 2.31. The minimum atomic E-state index is -1.70. The van der Waals surface area contributed by atoms with Gasteiger partial charge < -0.3 is 60.9 Å². The highest BCUT2D eigenvalue weighted by molar-refractivity contribution is 5.73. The lowest BCUT2D eigenvalue weighted by Crippen LogP contribution is -2.35. The highest BCUT2D eigenvalue weighted by atomic mass is 17.2. The second-order valence-corrected chi connectivity index (χ2v) is 8.47. The Bertz CT molecular complexity index is 676. The van der Waals surface area contributed by atoms with Crippen LogP contribution in [-0.4, -0.2) is 137 Å². The van der Waals surface area contributed by atoms with Crippen LogP contribution >= 0.6 is 0 Å². The van der Waals surface area contributed by atoms with E-state index in [2.05, 4.69) is 0 Å². The minimum Gasteiger partial charge on any atom is -0.479 e. The van der Waals surface area contributed by atoms with Gasteiger partial charge >= 0.3 is 17.9 Å². The van der Waals surface area contributed by atoms with Crippen LogP contribution in [0.5, 0.6) is 0 Å². The maximum Gasteiger partial charge on any atom is 0.364 e. The van der Waals surface area contributed by atoms with Crippen LogP contribution in [0, 0.1) is 5.92 Å². The zero-order chi connectivity index (χ0) is 30.7. The maximum atomic E-state index is 12.0. The van der Waals surface area contributed by atoms with E-state index >= 15 is 0 Å². The lowest BCUT2D eigenvalue weighted by atomic mass is 9.90. The van der Waals surface area contributed by atoms with Crippen molar-refractivity contribution in [3.05, 3.63) is 0 Å². The molecule has 0 radical (unpaired) electrons. The molecule has 0 aliphatic heterocycles. The number of carbonyl (C=O) groups is 3. The normalized spacial score (nSPS) is 14.4. The molecular formula is C24H47N3O14. The Kier molecular flexibility index (Phi) is 25.5. The second-order valence-electron chi connectivity index (χ2n) is 8.47. The molecule has 0 aliphatic rings. The summed E-state index contributed by atoms with van der Waals surface area (Å²) in [7, 11) is 0. The summed E-state index contributed by atoms with van der Waals surface area (Å²) in [6.07, 6.45) is -3.57. The zero-order valence-electron chi connectivity index (χ0n) is 23.4. The molecule has 0 fully saturated rings. The summed E-state index contributed by atoms with van der Waals surface area (Å²) < 4.78 is 31.5. The summed E-state index contributed by atoms with van der Waals surface area (Å²) in [6, 6.07) is 0. The first-order valence-corrected chi connectivity index (χ1v) is 13.4. The van der Waals surface area contributed by atoms with Gasteiger partial charge in [0, 0.05) is 19.6 Å². The molecule has 0 bridgehead atoms. The first kappa shape index (κ1) is 39.0. The number of hydrogen-bond donors (Lipinski definition) is 6. The van der Waals surface area contributed by atoms with Gasteiger partial charge in [0.15, 0.2) is 12.2 Å². The predicted molar refractivity (Wildman–Crippen MR) is 141 cm³/mol. The molecule has 0 aliphatic carbocycles. The Morgan fingerprint density at radius 1 is 0.561 bits per heavy atom. The van der Waals surface area contributed by atoms with Crippen molar-refractivity contribution in [3.8, 4) is 0 Å². The number of aliphatic carboxylic acids is 3. The van der Waals surface area contributed by atoms with E-state index in [1.54, 1.807) is 0 Å². The van der Waals surface area contributed by atoms with Gasteiger partial charge in [0.05, 0.1) is 66.1 Å². The summed E-state index contributed by atoms with van der Waals surface area (Å²) in [4.78, 5) is 44.8. The first-order chi connectivity index (χ1) is 19.8. The van der Waals surface area contributed by atoms with Crippen LogP contribution in [-0.2, 0) is 52.6 Å². The molecule has 17 nitrogen and oxygen atoms in total. The lowest BCUT2D eigenvalue weighted by Gasteiger charge is -2.25. The third-order valence-corrected chi connectivity index (χ3v) is 5.26. The molecule has 0 saturated heterocycles. The number of rotatable bonds is 31. The average Bonchev–Trinajstić information content (AvgIpc) is 2.93. The van der Waals surface area contributed by atoms with Gasteiger partial charge in [-0.1, -0.05) is 0 Å². The van der Waals surface area contributed by atoms with Gasteiger partial charge in [0.2, 0.25) is 0 Å². The standard InChI is InChI=1S/C24H47N3O14/c25-5-9-34-12-15-37-19(21(28)29)4-3-18(20(22(30)31)38-16-13-35-10-6-26)2-1-8-40-41-24(23(32)33)39-17-14-36-11-7-27/h18-20,24H,1-17,25-27H2,(H,28,29)(H,30,31)(H,32,33). The van der Waals surface area contributed by atoms with Crippen molar-refractivity contribution < 1.29 is 67.9 Å². The zero-order valence-corrected chi connectivity index (χ0v) is 23.4. The van der Waals surface area contributed by atoms with Gasteiger partial charge in [-0.2, -0.15) is 4.89 Å². The lowest BCUT2D eigenvalue weighted by molar-refractivity contribution is -0.370. The Morgan fingerprint density at radius 2 is 1.10 bits per heavy atom. The van der Waals surface area contributed by atoms with E-state index < -0.39 is 42.3 Å². The maximum absolute atomic E-state index is 12.0. The molecule has 0 aromatic heterocycles. The van der Waals surface area contributed by atoms with Crippen LogP contribution in [0.25, 0.3) is 0 Å². The van der Waals surface area contributed by atoms with Crippen LogP contribution in [0.15, 0.2) is 0 Å². The molecule has 9 N–H and O–H groups in total. The molecule has 0 amide bonds. The monoisotopic (exact) mass is 601 g/mol. The summed E-state index contributed by atoms with van der Waals surface area (Å²) in [5.74, 6) is -4.48. The van der Waals surface area contributed by atoms with Gasteiger partial charge in [0.25, 0.3) is 6.29 Å². The molecule has 0 saturated carbocycles. The smallest absolute Gasteiger partial charge is 0.364 e. The van der Waals surface area contributed by atoms with Crippen molar-refractivity contribution >= 4 is 17.9 Å².